The van der Waals surface area contributed by atoms with Gasteiger partial charge in [-0.25, -0.2) is 9.78 Å². The van der Waals surface area contributed by atoms with Crippen LogP contribution in [0.5, 0.6) is 0 Å². The fraction of sp³-hybridized carbons (Fsp3) is 0.0833. The van der Waals surface area contributed by atoms with Crippen molar-refractivity contribution in [1.29, 1.82) is 0 Å². The highest BCUT2D eigenvalue weighted by molar-refractivity contribution is 9.10. The number of rotatable bonds is 2. The fourth-order valence-corrected chi connectivity index (χ4v) is 1.85. The van der Waals surface area contributed by atoms with E-state index in [4.69, 9.17) is 5.11 Å². The Hall–Kier alpha value is -1.95. The number of carboxylic acids is 1. The third-order valence-electron chi connectivity index (χ3n) is 2.43. The van der Waals surface area contributed by atoms with Crippen LogP contribution in [-0.4, -0.2) is 21.0 Å². The number of halogens is 1. The van der Waals surface area contributed by atoms with Crippen molar-refractivity contribution in [1.82, 2.24) is 9.97 Å². The summed E-state index contributed by atoms with van der Waals surface area (Å²) in [5.74, 6) is -0.918. The predicted molar refractivity (Wildman–Crippen MR) is 69.7 cm³/mol. The lowest BCUT2D eigenvalue weighted by Crippen LogP contribution is -2.21. The molecule has 1 heterocycles. The van der Waals surface area contributed by atoms with Crippen molar-refractivity contribution in [3.63, 3.8) is 0 Å². The van der Waals surface area contributed by atoms with Crippen LogP contribution in [0.1, 0.15) is 16.1 Å². The molecular weight excluding hydrogens is 300 g/mol. The molecule has 0 unspecified atom stereocenters. The minimum Gasteiger partial charge on any atom is -0.477 e. The molecule has 1 aromatic heterocycles. The molecule has 2 rings (SSSR count). The maximum atomic E-state index is 11.7. The maximum absolute atomic E-state index is 11.7. The zero-order valence-electron chi connectivity index (χ0n) is 9.40. The van der Waals surface area contributed by atoms with Crippen molar-refractivity contribution in [2.24, 2.45) is 0 Å². The molecule has 0 amide bonds. The number of aromatic amines is 1. The molecular formula is C12H9BrN2O3. The average molecular weight is 309 g/mol. The molecule has 5 nitrogen and oxygen atoms in total. The zero-order chi connectivity index (χ0) is 13.3. The number of carboxylic acid groups (broad SMARTS) is 1. The molecule has 0 aliphatic carbocycles. The summed E-state index contributed by atoms with van der Waals surface area (Å²) in [7, 11) is 0. The Morgan fingerprint density at radius 3 is 2.44 bits per heavy atom. The number of aromatic nitrogens is 2. The number of hydrogen-bond acceptors (Lipinski definition) is 3. The number of hydrogen-bond donors (Lipinski definition) is 2. The van der Waals surface area contributed by atoms with Gasteiger partial charge in [-0.3, -0.25) is 4.79 Å². The van der Waals surface area contributed by atoms with Crippen LogP contribution in [0.25, 0.3) is 11.4 Å². The van der Waals surface area contributed by atoms with Crippen LogP contribution in [0.4, 0.5) is 0 Å². The van der Waals surface area contributed by atoms with Crippen molar-refractivity contribution in [3.8, 4) is 11.4 Å². The van der Waals surface area contributed by atoms with Gasteiger partial charge in [-0.15, -0.1) is 0 Å². The van der Waals surface area contributed by atoms with E-state index in [2.05, 4.69) is 25.9 Å². The van der Waals surface area contributed by atoms with E-state index >= 15 is 0 Å². The molecule has 2 N–H and O–H groups in total. The molecule has 0 atom stereocenters. The smallest absolute Gasteiger partial charge is 0.343 e. The summed E-state index contributed by atoms with van der Waals surface area (Å²) >= 11 is 3.31. The van der Waals surface area contributed by atoms with Crippen LogP contribution >= 0.6 is 15.9 Å². The predicted octanol–water partition coefficient (Wildman–Crippen LogP) is 2.21. The summed E-state index contributed by atoms with van der Waals surface area (Å²) in [4.78, 5) is 29.1. The monoisotopic (exact) mass is 308 g/mol. The van der Waals surface area contributed by atoms with E-state index in [0.29, 0.717) is 5.82 Å². The van der Waals surface area contributed by atoms with Crippen LogP contribution in [0.15, 0.2) is 33.5 Å². The summed E-state index contributed by atoms with van der Waals surface area (Å²) < 4.78 is 0.910. The molecule has 1 aromatic carbocycles. The summed E-state index contributed by atoms with van der Waals surface area (Å²) in [6, 6.07) is 7.19. The van der Waals surface area contributed by atoms with Crippen molar-refractivity contribution in [2.75, 3.05) is 0 Å². The standard InChI is InChI=1S/C12H9BrN2O3/c1-6-9(12(17)18)11(16)15-10(14-6)7-2-4-8(13)5-3-7/h2-5H,1H3,(H,17,18)(H,14,15,16). The number of H-pyrrole nitrogens is 1. The first kappa shape index (κ1) is 12.5. The van der Waals surface area contributed by atoms with Gasteiger partial charge < -0.3 is 10.1 Å². The molecule has 0 saturated carbocycles. The Morgan fingerprint density at radius 1 is 1.33 bits per heavy atom. The highest BCUT2D eigenvalue weighted by Gasteiger charge is 2.15. The quantitative estimate of drug-likeness (QED) is 0.891. The largest absolute Gasteiger partial charge is 0.477 e. The van der Waals surface area contributed by atoms with Gasteiger partial charge in [0.1, 0.15) is 11.4 Å². The second-order valence-corrected chi connectivity index (χ2v) is 4.60. The van der Waals surface area contributed by atoms with Gasteiger partial charge in [-0.1, -0.05) is 28.1 Å². The number of benzene rings is 1. The van der Waals surface area contributed by atoms with Crippen LogP contribution in [0.3, 0.4) is 0 Å². The number of aryl methyl sites for hydroxylation is 1. The van der Waals surface area contributed by atoms with Crippen molar-refractivity contribution >= 4 is 21.9 Å². The normalized spacial score (nSPS) is 10.3. The van der Waals surface area contributed by atoms with Gasteiger partial charge in [-0.2, -0.15) is 0 Å². The Morgan fingerprint density at radius 2 is 1.94 bits per heavy atom. The van der Waals surface area contributed by atoms with E-state index in [0.717, 1.165) is 10.0 Å². The lowest BCUT2D eigenvalue weighted by molar-refractivity contribution is 0.0693. The minimum absolute atomic E-state index is 0.198. The first-order valence-corrected chi connectivity index (χ1v) is 5.88. The second kappa shape index (κ2) is 4.73. The molecule has 0 fully saturated rings. The SMILES string of the molecule is Cc1nc(-c2ccc(Br)cc2)[nH]c(=O)c1C(=O)O. The Balaban J connectivity index is 2.58. The van der Waals surface area contributed by atoms with E-state index in [-0.39, 0.29) is 11.3 Å². The van der Waals surface area contributed by atoms with Gasteiger partial charge in [0.2, 0.25) is 0 Å². The van der Waals surface area contributed by atoms with Gasteiger partial charge >= 0.3 is 5.97 Å². The first-order valence-electron chi connectivity index (χ1n) is 5.09. The highest BCUT2D eigenvalue weighted by Crippen LogP contribution is 2.18. The summed E-state index contributed by atoms with van der Waals surface area (Å²) in [6.45, 7) is 1.50. The van der Waals surface area contributed by atoms with Crippen LogP contribution in [-0.2, 0) is 0 Å². The maximum Gasteiger partial charge on any atom is 0.343 e. The van der Waals surface area contributed by atoms with Gasteiger partial charge in [0.15, 0.2) is 0 Å². The third kappa shape index (κ3) is 2.33. The summed E-state index contributed by atoms with van der Waals surface area (Å²) in [5, 5.41) is 8.88. The van der Waals surface area contributed by atoms with Gasteiger partial charge in [0, 0.05) is 10.0 Å². The Kier molecular flexibility index (Phi) is 3.29. The van der Waals surface area contributed by atoms with E-state index in [1.54, 1.807) is 12.1 Å². The number of aromatic carboxylic acids is 1. The second-order valence-electron chi connectivity index (χ2n) is 3.69. The van der Waals surface area contributed by atoms with E-state index in [1.807, 2.05) is 12.1 Å². The molecule has 18 heavy (non-hydrogen) atoms. The first-order chi connectivity index (χ1) is 8.49. The highest BCUT2D eigenvalue weighted by atomic mass is 79.9. The van der Waals surface area contributed by atoms with Crippen molar-refractivity contribution in [3.05, 3.63) is 50.3 Å². The molecule has 92 valence electrons. The fourth-order valence-electron chi connectivity index (χ4n) is 1.58. The molecule has 0 spiro atoms. The van der Waals surface area contributed by atoms with E-state index < -0.39 is 11.5 Å². The molecule has 0 aliphatic heterocycles. The molecule has 0 radical (unpaired) electrons. The lowest BCUT2D eigenvalue weighted by Gasteiger charge is -2.04. The number of carbonyl (C=O) groups is 1. The minimum atomic E-state index is -1.27. The molecule has 0 saturated heterocycles. The van der Waals surface area contributed by atoms with Crippen LogP contribution in [0, 0.1) is 6.92 Å². The molecule has 0 bridgehead atoms. The number of nitrogens with one attached hydrogen (secondary N) is 1. The Labute approximate surface area is 111 Å². The van der Waals surface area contributed by atoms with Gasteiger partial charge in [-0.05, 0) is 19.1 Å². The van der Waals surface area contributed by atoms with Crippen molar-refractivity contribution < 1.29 is 9.90 Å². The van der Waals surface area contributed by atoms with E-state index in [9.17, 15) is 9.59 Å². The van der Waals surface area contributed by atoms with Gasteiger partial charge in [0.25, 0.3) is 5.56 Å². The topological polar surface area (TPSA) is 83.0 Å². The van der Waals surface area contributed by atoms with E-state index in [1.165, 1.54) is 6.92 Å². The van der Waals surface area contributed by atoms with Gasteiger partial charge in [0.05, 0.1) is 5.69 Å². The molecule has 0 aliphatic rings. The molecule has 2 aromatic rings. The zero-order valence-corrected chi connectivity index (χ0v) is 11.0. The van der Waals surface area contributed by atoms with Crippen LogP contribution < -0.4 is 5.56 Å². The van der Waals surface area contributed by atoms with Crippen molar-refractivity contribution in [2.45, 2.75) is 6.92 Å². The van der Waals surface area contributed by atoms with Crippen LogP contribution in [0.2, 0.25) is 0 Å². The Bertz CT molecular complexity index is 662. The third-order valence-corrected chi connectivity index (χ3v) is 2.96. The summed E-state index contributed by atoms with van der Waals surface area (Å²) in [5.41, 5.74) is -0.0525. The lowest BCUT2D eigenvalue weighted by atomic mass is 10.2. The summed E-state index contributed by atoms with van der Waals surface area (Å²) in [6.07, 6.45) is 0. The average Bonchev–Trinajstić information content (AvgIpc) is 2.28. The number of nitrogens with zero attached hydrogens (tertiary/aromatic N) is 1. The molecule has 6 heteroatoms.